The van der Waals surface area contributed by atoms with Crippen LogP contribution in [0.2, 0.25) is 0 Å². The molecule has 2 rings (SSSR count). The lowest BCUT2D eigenvalue weighted by Gasteiger charge is -2.03. The van der Waals surface area contributed by atoms with Crippen molar-refractivity contribution in [2.75, 3.05) is 5.73 Å². The second-order valence-electron chi connectivity index (χ2n) is 3.39. The van der Waals surface area contributed by atoms with Gasteiger partial charge in [-0.25, -0.2) is 0 Å². The van der Waals surface area contributed by atoms with Gasteiger partial charge in [0, 0.05) is 17.3 Å². The van der Waals surface area contributed by atoms with Gasteiger partial charge in [0.05, 0.1) is 6.54 Å². The zero-order valence-electron chi connectivity index (χ0n) is 8.84. The van der Waals surface area contributed by atoms with E-state index in [-0.39, 0.29) is 17.3 Å². The summed E-state index contributed by atoms with van der Waals surface area (Å²) >= 11 is 1.07. The number of carbonyl (C=O) groups is 1. The Hall–Kier alpha value is -2.09. The van der Waals surface area contributed by atoms with E-state index in [1.807, 2.05) is 0 Å². The monoisotopic (exact) mass is 253 g/mol. The van der Waals surface area contributed by atoms with E-state index in [2.05, 4.69) is 15.4 Å². The van der Waals surface area contributed by atoms with Crippen LogP contribution in [0.5, 0.6) is 0 Å². The average Bonchev–Trinajstić information content (AvgIpc) is 2.85. The molecule has 0 aliphatic heterocycles. The van der Waals surface area contributed by atoms with E-state index in [0.29, 0.717) is 18.1 Å². The molecule has 0 aliphatic rings. The van der Waals surface area contributed by atoms with Crippen LogP contribution in [0.25, 0.3) is 0 Å². The molecule has 2 heterocycles. The molecule has 0 radical (unpaired) electrons. The van der Waals surface area contributed by atoms with Crippen LogP contribution in [-0.2, 0) is 17.9 Å². The molecule has 1 amide bonds. The Morgan fingerprint density at radius 2 is 2.47 bits per heavy atom. The van der Waals surface area contributed by atoms with E-state index in [1.165, 1.54) is 4.68 Å². The van der Waals surface area contributed by atoms with Crippen LogP contribution in [0, 0.1) is 0 Å². The fourth-order valence-electron chi connectivity index (χ4n) is 1.26. The third-order valence-electron chi connectivity index (χ3n) is 2.01. The summed E-state index contributed by atoms with van der Waals surface area (Å²) in [6.45, 7) is 0.403. The van der Waals surface area contributed by atoms with Gasteiger partial charge < -0.3 is 16.0 Å². The van der Waals surface area contributed by atoms with Crippen molar-refractivity contribution in [2.45, 2.75) is 13.1 Å². The van der Waals surface area contributed by atoms with Crippen molar-refractivity contribution in [3.8, 4) is 0 Å². The summed E-state index contributed by atoms with van der Waals surface area (Å²) in [5, 5.41) is 8.23. The highest BCUT2D eigenvalue weighted by molar-refractivity contribution is 7.07. The Kier molecular flexibility index (Phi) is 3.24. The number of hydrogen-bond donors (Lipinski definition) is 3. The van der Waals surface area contributed by atoms with E-state index in [0.717, 1.165) is 11.3 Å². The molecular weight excluding hydrogens is 242 g/mol. The van der Waals surface area contributed by atoms with Gasteiger partial charge in [0.2, 0.25) is 5.91 Å². The Balaban J connectivity index is 1.83. The number of thiazole rings is 1. The third-order valence-corrected chi connectivity index (χ3v) is 2.73. The summed E-state index contributed by atoms with van der Waals surface area (Å²) < 4.78 is 1.45. The van der Waals surface area contributed by atoms with Crippen LogP contribution >= 0.6 is 11.3 Å². The SMILES string of the molecule is Nc1ccn(CC(=O)NCc2csc(=O)[nH]2)n1. The number of aromatic nitrogens is 3. The molecule has 2 aromatic rings. The van der Waals surface area contributed by atoms with E-state index in [9.17, 15) is 9.59 Å². The van der Waals surface area contributed by atoms with Crippen LogP contribution in [0.4, 0.5) is 5.82 Å². The first-order valence-electron chi connectivity index (χ1n) is 4.86. The zero-order valence-corrected chi connectivity index (χ0v) is 9.66. The summed E-state index contributed by atoms with van der Waals surface area (Å²) in [4.78, 5) is 24.8. The molecule has 0 aliphatic carbocycles. The fourth-order valence-corrected chi connectivity index (χ4v) is 1.84. The number of H-pyrrole nitrogens is 1. The summed E-state index contributed by atoms with van der Waals surface area (Å²) in [6, 6.07) is 1.61. The van der Waals surface area contributed by atoms with E-state index in [1.54, 1.807) is 17.6 Å². The fraction of sp³-hybridized carbons (Fsp3) is 0.222. The van der Waals surface area contributed by atoms with Gasteiger partial charge in [-0.3, -0.25) is 14.3 Å². The Morgan fingerprint density at radius 3 is 3.06 bits per heavy atom. The maximum absolute atomic E-state index is 11.5. The number of aromatic amines is 1. The van der Waals surface area contributed by atoms with Crippen LogP contribution in [0.3, 0.4) is 0 Å². The summed E-state index contributed by atoms with van der Waals surface area (Å²) in [7, 11) is 0. The maximum Gasteiger partial charge on any atom is 0.304 e. The highest BCUT2D eigenvalue weighted by Crippen LogP contribution is 1.96. The van der Waals surface area contributed by atoms with Crippen molar-refractivity contribution >= 4 is 23.1 Å². The molecule has 0 unspecified atom stereocenters. The summed E-state index contributed by atoms with van der Waals surface area (Å²) in [5.41, 5.74) is 6.11. The minimum atomic E-state index is -0.194. The Morgan fingerprint density at radius 1 is 1.65 bits per heavy atom. The molecule has 0 atom stereocenters. The lowest BCUT2D eigenvalue weighted by atomic mass is 10.4. The van der Waals surface area contributed by atoms with E-state index in [4.69, 9.17) is 5.73 Å². The first-order valence-corrected chi connectivity index (χ1v) is 5.74. The van der Waals surface area contributed by atoms with Gasteiger partial charge in [0.1, 0.15) is 12.4 Å². The van der Waals surface area contributed by atoms with Crippen molar-refractivity contribution in [1.82, 2.24) is 20.1 Å². The average molecular weight is 253 g/mol. The van der Waals surface area contributed by atoms with Gasteiger partial charge in [0.25, 0.3) is 0 Å². The van der Waals surface area contributed by atoms with E-state index < -0.39 is 0 Å². The van der Waals surface area contributed by atoms with Gasteiger partial charge in [-0.1, -0.05) is 11.3 Å². The minimum absolute atomic E-state index is 0.103. The Labute approximate surface area is 100 Å². The lowest BCUT2D eigenvalue weighted by Crippen LogP contribution is -2.27. The third kappa shape index (κ3) is 3.18. The second-order valence-corrected chi connectivity index (χ2v) is 4.23. The predicted octanol–water partition coefficient (Wildman–Crippen LogP) is -0.468. The zero-order chi connectivity index (χ0) is 12.3. The number of nitrogens with one attached hydrogen (secondary N) is 2. The molecule has 2 aromatic heterocycles. The molecule has 0 saturated carbocycles. The number of nitrogens with zero attached hydrogens (tertiary/aromatic N) is 2. The molecule has 17 heavy (non-hydrogen) atoms. The van der Waals surface area contributed by atoms with Crippen molar-refractivity contribution < 1.29 is 4.79 Å². The maximum atomic E-state index is 11.5. The number of nitrogens with two attached hydrogens (primary N) is 1. The van der Waals surface area contributed by atoms with E-state index >= 15 is 0 Å². The molecule has 8 heteroatoms. The number of nitrogen functional groups attached to an aromatic ring is 1. The standard InChI is InChI=1S/C9H11N5O2S/c10-7-1-2-14(13-7)4-8(15)11-3-6-5-17-9(16)12-6/h1-2,5H,3-4H2,(H2,10,13)(H,11,15)(H,12,16). The van der Waals surface area contributed by atoms with Crippen molar-refractivity contribution in [3.63, 3.8) is 0 Å². The first-order chi connectivity index (χ1) is 8.13. The predicted molar refractivity (Wildman–Crippen MR) is 63.4 cm³/mol. The number of anilines is 1. The molecule has 90 valence electrons. The smallest absolute Gasteiger partial charge is 0.304 e. The molecule has 7 nitrogen and oxygen atoms in total. The van der Waals surface area contributed by atoms with Crippen molar-refractivity contribution in [2.24, 2.45) is 0 Å². The summed E-state index contributed by atoms with van der Waals surface area (Å²) in [5.74, 6) is 0.181. The first kappa shape index (κ1) is 11.4. The molecule has 0 fully saturated rings. The normalized spacial score (nSPS) is 10.4. The highest BCUT2D eigenvalue weighted by atomic mass is 32.1. The molecule has 0 saturated heterocycles. The van der Waals surface area contributed by atoms with Crippen LogP contribution in [-0.4, -0.2) is 20.7 Å². The van der Waals surface area contributed by atoms with Gasteiger partial charge >= 0.3 is 4.87 Å². The minimum Gasteiger partial charge on any atom is -0.382 e. The van der Waals surface area contributed by atoms with Crippen LogP contribution in [0.1, 0.15) is 5.69 Å². The Bertz CT molecular complexity index is 570. The van der Waals surface area contributed by atoms with Crippen LogP contribution in [0.15, 0.2) is 22.4 Å². The number of hydrogen-bond acceptors (Lipinski definition) is 5. The molecule has 0 aromatic carbocycles. The van der Waals surface area contributed by atoms with Crippen LogP contribution < -0.4 is 15.9 Å². The van der Waals surface area contributed by atoms with Crippen molar-refractivity contribution in [1.29, 1.82) is 0 Å². The topological polar surface area (TPSA) is 106 Å². The number of rotatable bonds is 4. The van der Waals surface area contributed by atoms with Gasteiger partial charge in [-0.2, -0.15) is 5.10 Å². The van der Waals surface area contributed by atoms with Gasteiger partial charge in [0.15, 0.2) is 0 Å². The number of carbonyl (C=O) groups excluding carboxylic acids is 1. The van der Waals surface area contributed by atoms with Crippen molar-refractivity contribution in [3.05, 3.63) is 33.0 Å². The lowest BCUT2D eigenvalue weighted by molar-refractivity contribution is -0.122. The molecular formula is C9H11N5O2S. The molecule has 4 N–H and O–H groups in total. The molecule has 0 bridgehead atoms. The van der Waals surface area contributed by atoms with Gasteiger partial charge in [-0.15, -0.1) is 0 Å². The largest absolute Gasteiger partial charge is 0.382 e. The van der Waals surface area contributed by atoms with Gasteiger partial charge in [-0.05, 0) is 6.07 Å². The highest BCUT2D eigenvalue weighted by Gasteiger charge is 2.04. The second kappa shape index (κ2) is 4.83. The number of amides is 1. The summed E-state index contributed by atoms with van der Waals surface area (Å²) in [6.07, 6.45) is 1.63. The quantitative estimate of drug-likeness (QED) is 0.685. The molecule has 0 spiro atoms.